The Hall–Kier alpha value is -2.44. The summed E-state index contributed by atoms with van der Waals surface area (Å²) in [6.45, 7) is 0. The number of nitrogens with zero attached hydrogens (tertiary/aromatic N) is 1. The van der Waals surface area contributed by atoms with E-state index < -0.39 is 22.3 Å². The van der Waals surface area contributed by atoms with Gasteiger partial charge >= 0.3 is 5.97 Å². The van der Waals surface area contributed by atoms with Crippen LogP contribution < -0.4 is 5.32 Å². The molecule has 7 heteroatoms. The summed E-state index contributed by atoms with van der Waals surface area (Å²) in [5.41, 5.74) is 0.222. The van der Waals surface area contributed by atoms with Gasteiger partial charge in [-0.3, -0.25) is 14.9 Å². The highest BCUT2D eigenvalue weighted by atomic mass is 16.6. The Kier molecular flexibility index (Phi) is 4.40. The van der Waals surface area contributed by atoms with E-state index in [1.807, 2.05) is 0 Å². The molecule has 1 amide bonds. The first-order chi connectivity index (χ1) is 12.8. The summed E-state index contributed by atoms with van der Waals surface area (Å²) in [7, 11) is 0. The lowest BCUT2D eigenvalue weighted by Crippen LogP contribution is -2.56. The van der Waals surface area contributed by atoms with Crippen molar-refractivity contribution >= 4 is 17.6 Å². The summed E-state index contributed by atoms with van der Waals surface area (Å²) in [4.78, 5) is 35.1. The molecule has 1 aromatic carbocycles. The van der Waals surface area contributed by atoms with Gasteiger partial charge in [-0.1, -0.05) is 12.1 Å². The predicted octanol–water partition coefficient (Wildman–Crippen LogP) is 2.92. The first kappa shape index (κ1) is 17.9. The third kappa shape index (κ3) is 3.42. The van der Waals surface area contributed by atoms with Gasteiger partial charge in [-0.15, -0.1) is 0 Å². The normalized spacial score (nSPS) is 32.1. The molecule has 5 rings (SSSR count). The monoisotopic (exact) mass is 372 g/mol. The van der Waals surface area contributed by atoms with Gasteiger partial charge in [-0.25, -0.2) is 4.79 Å². The molecule has 4 fully saturated rings. The third-order valence-corrected chi connectivity index (χ3v) is 6.71. The lowest BCUT2D eigenvalue weighted by molar-refractivity contribution is -0.384. The van der Waals surface area contributed by atoms with Crippen molar-refractivity contribution < 1.29 is 19.6 Å². The van der Waals surface area contributed by atoms with Gasteiger partial charge in [0.15, 0.2) is 0 Å². The predicted molar refractivity (Wildman–Crippen MR) is 97.0 cm³/mol. The molecule has 0 aromatic heterocycles. The van der Waals surface area contributed by atoms with E-state index in [9.17, 15) is 24.8 Å². The lowest BCUT2D eigenvalue weighted by atomic mass is 9.49. The number of amides is 1. The minimum Gasteiger partial charge on any atom is -0.480 e. The van der Waals surface area contributed by atoms with Crippen molar-refractivity contribution in [1.29, 1.82) is 0 Å². The number of aliphatic carboxylic acids is 1. The number of carbonyl (C=O) groups excluding carboxylic acids is 1. The molecule has 4 bridgehead atoms. The van der Waals surface area contributed by atoms with Crippen LogP contribution in [0.5, 0.6) is 0 Å². The quantitative estimate of drug-likeness (QED) is 0.589. The zero-order valence-corrected chi connectivity index (χ0v) is 15.1. The van der Waals surface area contributed by atoms with Crippen molar-refractivity contribution in [3.05, 3.63) is 39.9 Å². The third-order valence-electron chi connectivity index (χ3n) is 6.71. The molecule has 1 aromatic rings. The number of carbonyl (C=O) groups is 2. The van der Waals surface area contributed by atoms with Crippen LogP contribution in [0.15, 0.2) is 24.3 Å². The second-order valence-corrected chi connectivity index (χ2v) is 8.69. The molecule has 0 spiro atoms. The molecule has 7 nitrogen and oxygen atoms in total. The summed E-state index contributed by atoms with van der Waals surface area (Å²) in [5, 5.41) is 23.1. The number of rotatable bonds is 6. The van der Waals surface area contributed by atoms with E-state index in [-0.39, 0.29) is 18.0 Å². The van der Waals surface area contributed by atoms with Crippen LogP contribution in [-0.4, -0.2) is 27.9 Å². The van der Waals surface area contributed by atoms with E-state index in [0.29, 0.717) is 23.3 Å². The molecule has 4 saturated carbocycles. The van der Waals surface area contributed by atoms with Gasteiger partial charge in [-0.2, -0.15) is 0 Å². The van der Waals surface area contributed by atoms with Crippen molar-refractivity contribution in [1.82, 2.24) is 5.32 Å². The molecule has 4 aliphatic carbocycles. The van der Waals surface area contributed by atoms with Crippen LogP contribution in [0.25, 0.3) is 0 Å². The SMILES string of the molecule is O=C(O)[C@@H](Cc1ccc([N+](=O)[O-])cc1)NC(=O)C12CC3CC(CC(C3)C1)C2. The number of carboxylic acid groups (broad SMARTS) is 1. The highest BCUT2D eigenvalue weighted by Gasteiger charge is 2.54. The molecule has 0 saturated heterocycles. The Labute approximate surface area is 157 Å². The average Bonchev–Trinajstić information content (AvgIpc) is 2.60. The minimum atomic E-state index is -1.08. The topological polar surface area (TPSA) is 110 Å². The van der Waals surface area contributed by atoms with E-state index in [1.54, 1.807) is 12.1 Å². The van der Waals surface area contributed by atoms with Crippen molar-refractivity contribution in [3.63, 3.8) is 0 Å². The van der Waals surface area contributed by atoms with Crippen molar-refractivity contribution in [2.75, 3.05) is 0 Å². The Bertz CT molecular complexity index is 738. The number of hydrogen-bond donors (Lipinski definition) is 2. The van der Waals surface area contributed by atoms with Crippen LogP contribution in [0.1, 0.15) is 44.1 Å². The van der Waals surface area contributed by atoms with Gasteiger partial charge in [0.2, 0.25) is 5.91 Å². The first-order valence-electron chi connectivity index (χ1n) is 9.62. The maximum absolute atomic E-state index is 13.1. The fourth-order valence-corrected chi connectivity index (χ4v) is 5.89. The summed E-state index contributed by atoms with van der Waals surface area (Å²) in [6, 6.07) is 4.78. The number of carboxylic acids is 1. The first-order valence-corrected chi connectivity index (χ1v) is 9.62. The number of hydrogen-bond acceptors (Lipinski definition) is 4. The molecule has 27 heavy (non-hydrogen) atoms. The van der Waals surface area contributed by atoms with Gasteiger partial charge in [0.05, 0.1) is 4.92 Å². The standard InChI is InChI=1S/C20H24N2O5/c23-18(24)17(8-12-1-3-16(4-2-12)22(26)27)21-19(25)20-9-13-5-14(10-20)7-15(6-13)11-20/h1-4,13-15,17H,5-11H2,(H,21,25)(H,23,24)/t13?,14?,15?,17-,20?/m1/s1. The molecule has 0 radical (unpaired) electrons. The summed E-state index contributed by atoms with van der Waals surface area (Å²) in [5.74, 6) is 0.641. The van der Waals surface area contributed by atoms with Crippen LogP contribution >= 0.6 is 0 Å². The van der Waals surface area contributed by atoms with Crippen LogP contribution in [0.4, 0.5) is 5.69 Å². The zero-order chi connectivity index (χ0) is 19.2. The fraction of sp³-hybridized carbons (Fsp3) is 0.600. The van der Waals surface area contributed by atoms with Gasteiger partial charge in [-0.05, 0) is 61.8 Å². The van der Waals surface area contributed by atoms with E-state index in [0.717, 1.165) is 19.3 Å². The number of benzene rings is 1. The number of nitro groups is 1. The molecule has 144 valence electrons. The molecule has 2 N–H and O–H groups in total. The summed E-state index contributed by atoms with van der Waals surface area (Å²) >= 11 is 0. The van der Waals surface area contributed by atoms with E-state index in [1.165, 1.54) is 31.4 Å². The highest BCUT2D eigenvalue weighted by molar-refractivity contribution is 5.88. The maximum atomic E-state index is 13.1. The smallest absolute Gasteiger partial charge is 0.326 e. The largest absolute Gasteiger partial charge is 0.480 e. The Morgan fingerprint density at radius 1 is 1.11 bits per heavy atom. The highest BCUT2D eigenvalue weighted by Crippen LogP contribution is 2.60. The molecule has 0 heterocycles. The number of nitrogens with one attached hydrogen (secondary N) is 1. The Balaban J connectivity index is 1.46. The molecular formula is C20H24N2O5. The van der Waals surface area contributed by atoms with E-state index >= 15 is 0 Å². The lowest BCUT2D eigenvalue weighted by Gasteiger charge is -2.55. The molecule has 0 unspecified atom stereocenters. The Morgan fingerprint density at radius 2 is 1.63 bits per heavy atom. The van der Waals surface area contributed by atoms with Gasteiger partial charge in [0, 0.05) is 24.0 Å². The molecule has 0 aliphatic heterocycles. The molecule has 1 atom stereocenters. The van der Waals surface area contributed by atoms with Crippen molar-refractivity contribution in [2.24, 2.45) is 23.2 Å². The minimum absolute atomic E-state index is 0.0387. The Morgan fingerprint density at radius 3 is 2.07 bits per heavy atom. The molecule has 4 aliphatic rings. The van der Waals surface area contributed by atoms with Crippen LogP contribution in [0.3, 0.4) is 0 Å². The van der Waals surface area contributed by atoms with Gasteiger partial charge in [0.1, 0.15) is 6.04 Å². The van der Waals surface area contributed by atoms with Crippen molar-refractivity contribution in [3.8, 4) is 0 Å². The second-order valence-electron chi connectivity index (χ2n) is 8.69. The van der Waals surface area contributed by atoms with Crippen molar-refractivity contribution in [2.45, 2.75) is 51.0 Å². The second kappa shape index (κ2) is 6.62. The zero-order valence-electron chi connectivity index (χ0n) is 15.1. The molecular weight excluding hydrogens is 348 g/mol. The fourth-order valence-electron chi connectivity index (χ4n) is 5.89. The number of nitro benzene ring substituents is 1. The summed E-state index contributed by atoms with van der Waals surface area (Å²) in [6.07, 6.45) is 6.43. The van der Waals surface area contributed by atoms with Crippen LogP contribution in [0, 0.1) is 33.3 Å². The van der Waals surface area contributed by atoms with Gasteiger partial charge in [0.25, 0.3) is 5.69 Å². The average molecular weight is 372 g/mol. The van der Waals surface area contributed by atoms with Crippen LogP contribution in [-0.2, 0) is 16.0 Å². The van der Waals surface area contributed by atoms with E-state index in [4.69, 9.17) is 0 Å². The van der Waals surface area contributed by atoms with Gasteiger partial charge < -0.3 is 10.4 Å². The summed E-state index contributed by atoms with van der Waals surface area (Å²) < 4.78 is 0. The maximum Gasteiger partial charge on any atom is 0.326 e. The van der Waals surface area contributed by atoms with Crippen LogP contribution in [0.2, 0.25) is 0 Å². The van der Waals surface area contributed by atoms with E-state index in [2.05, 4.69) is 5.32 Å². The number of non-ortho nitro benzene ring substituents is 1.